The van der Waals surface area contributed by atoms with Crippen LogP contribution >= 0.6 is 15.9 Å². The average Bonchev–Trinajstić information content (AvgIpc) is 2.94. The first kappa shape index (κ1) is 27.3. The van der Waals surface area contributed by atoms with E-state index in [-0.39, 0.29) is 11.7 Å². The molecule has 2 N–H and O–H groups in total. The molecule has 0 aliphatic heterocycles. The predicted octanol–water partition coefficient (Wildman–Crippen LogP) is 6.00. The number of anilines is 1. The van der Waals surface area contributed by atoms with Crippen LogP contribution in [0.4, 0.5) is 5.69 Å². The number of methoxy groups -OCH3 is 1. The maximum atomic E-state index is 12.6. The highest BCUT2D eigenvalue weighted by Crippen LogP contribution is 2.28. The lowest BCUT2D eigenvalue weighted by Gasteiger charge is -2.10. The van der Waals surface area contributed by atoms with Gasteiger partial charge in [0.15, 0.2) is 11.5 Å². The van der Waals surface area contributed by atoms with Crippen LogP contribution in [-0.4, -0.2) is 31.1 Å². The van der Waals surface area contributed by atoms with Gasteiger partial charge in [0.05, 0.1) is 18.9 Å². The number of nitrogens with one attached hydrogen (secondary N) is 2. The highest BCUT2D eigenvalue weighted by Gasteiger charge is 2.13. The van der Waals surface area contributed by atoms with Crippen molar-refractivity contribution < 1.29 is 23.9 Å². The van der Waals surface area contributed by atoms with Gasteiger partial charge in [-0.05, 0) is 85.3 Å². The molecule has 39 heavy (non-hydrogen) atoms. The van der Waals surface area contributed by atoms with E-state index >= 15 is 0 Å². The predicted molar refractivity (Wildman–Crippen MR) is 153 cm³/mol. The van der Waals surface area contributed by atoms with Crippen molar-refractivity contribution in [2.24, 2.45) is 5.10 Å². The van der Waals surface area contributed by atoms with E-state index in [0.29, 0.717) is 33.7 Å². The number of aryl methyl sites for hydroxylation is 1. The van der Waals surface area contributed by atoms with Crippen LogP contribution in [-0.2, 0) is 0 Å². The number of hydrogen-bond donors (Lipinski definition) is 2. The molecule has 0 saturated carbocycles. The minimum atomic E-state index is -0.521. The number of benzene rings is 4. The fraction of sp³-hybridized carbons (Fsp3) is 0.0667. The number of carbonyl (C=O) groups is 3. The molecular weight excluding hydrogens is 562 g/mol. The number of esters is 1. The van der Waals surface area contributed by atoms with Crippen molar-refractivity contribution in [2.45, 2.75) is 6.92 Å². The SMILES string of the molecule is COc1cc(C=NNC(=O)c2cccc(NC(=O)c3cccc(C)c3)c2)ccc1OC(=O)c1ccc(Br)cc1. The first-order valence-corrected chi connectivity index (χ1v) is 12.6. The third-order valence-corrected chi connectivity index (χ3v) is 6.04. The van der Waals surface area contributed by atoms with Crippen molar-refractivity contribution in [1.29, 1.82) is 0 Å². The van der Waals surface area contributed by atoms with Crippen LogP contribution in [0.25, 0.3) is 0 Å². The lowest BCUT2D eigenvalue weighted by molar-refractivity contribution is 0.0729. The van der Waals surface area contributed by atoms with E-state index in [0.717, 1.165) is 10.0 Å². The van der Waals surface area contributed by atoms with Gasteiger partial charge >= 0.3 is 5.97 Å². The number of ether oxygens (including phenoxy) is 2. The molecule has 0 heterocycles. The first-order chi connectivity index (χ1) is 18.8. The Morgan fingerprint density at radius 2 is 1.51 bits per heavy atom. The number of carbonyl (C=O) groups excluding carboxylic acids is 3. The van der Waals surface area contributed by atoms with Gasteiger partial charge in [-0.15, -0.1) is 0 Å². The van der Waals surface area contributed by atoms with Gasteiger partial charge in [-0.3, -0.25) is 9.59 Å². The molecule has 0 bridgehead atoms. The van der Waals surface area contributed by atoms with Crippen molar-refractivity contribution in [3.05, 3.63) is 123 Å². The maximum absolute atomic E-state index is 12.6. The normalized spacial score (nSPS) is 10.6. The quantitative estimate of drug-likeness (QED) is 0.114. The van der Waals surface area contributed by atoms with Gasteiger partial charge in [-0.2, -0.15) is 5.10 Å². The van der Waals surface area contributed by atoms with Crippen molar-refractivity contribution in [2.75, 3.05) is 12.4 Å². The van der Waals surface area contributed by atoms with E-state index in [1.54, 1.807) is 78.9 Å². The summed E-state index contributed by atoms with van der Waals surface area (Å²) < 4.78 is 11.7. The molecule has 8 nitrogen and oxygen atoms in total. The minimum absolute atomic E-state index is 0.246. The highest BCUT2D eigenvalue weighted by molar-refractivity contribution is 9.10. The number of rotatable bonds is 8. The standard InChI is InChI=1S/C30H24BrN3O5/c1-19-5-3-6-22(15-19)28(35)33-25-8-4-7-23(17-25)29(36)34-32-18-20-9-14-26(27(16-20)38-2)39-30(37)21-10-12-24(31)13-11-21/h3-18H,1-2H3,(H,33,35)(H,34,36). The lowest BCUT2D eigenvalue weighted by atomic mass is 10.1. The van der Waals surface area contributed by atoms with Gasteiger partial charge in [-0.1, -0.05) is 39.7 Å². The summed E-state index contributed by atoms with van der Waals surface area (Å²) >= 11 is 3.33. The Bertz CT molecular complexity index is 1550. The molecule has 0 spiro atoms. The third kappa shape index (κ3) is 7.39. The zero-order chi connectivity index (χ0) is 27.8. The molecule has 0 saturated heterocycles. The summed E-state index contributed by atoms with van der Waals surface area (Å²) in [4.78, 5) is 37.6. The summed E-state index contributed by atoms with van der Waals surface area (Å²) in [5, 5.41) is 6.81. The Morgan fingerprint density at radius 3 is 2.23 bits per heavy atom. The number of hydrogen-bond acceptors (Lipinski definition) is 6. The van der Waals surface area contributed by atoms with E-state index in [1.165, 1.54) is 13.3 Å². The second-order valence-corrected chi connectivity index (χ2v) is 9.33. The third-order valence-electron chi connectivity index (χ3n) is 5.51. The molecular formula is C30H24BrN3O5. The zero-order valence-electron chi connectivity index (χ0n) is 21.1. The molecule has 4 aromatic rings. The minimum Gasteiger partial charge on any atom is -0.493 e. The molecule has 196 valence electrons. The summed E-state index contributed by atoms with van der Waals surface area (Å²) in [6, 6.07) is 25.5. The lowest BCUT2D eigenvalue weighted by Crippen LogP contribution is -2.18. The van der Waals surface area contributed by atoms with Crippen LogP contribution in [0.1, 0.15) is 42.2 Å². The molecule has 0 radical (unpaired) electrons. The van der Waals surface area contributed by atoms with Crippen molar-refractivity contribution in [1.82, 2.24) is 5.43 Å². The van der Waals surface area contributed by atoms with Gasteiger partial charge in [0, 0.05) is 21.3 Å². The van der Waals surface area contributed by atoms with E-state index in [9.17, 15) is 14.4 Å². The van der Waals surface area contributed by atoms with Gasteiger partial charge < -0.3 is 14.8 Å². The van der Waals surface area contributed by atoms with Gasteiger partial charge in [0.2, 0.25) is 0 Å². The van der Waals surface area contributed by atoms with Crippen LogP contribution in [0.2, 0.25) is 0 Å². The Hall–Kier alpha value is -4.76. The topological polar surface area (TPSA) is 106 Å². The number of nitrogens with zero attached hydrogens (tertiary/aromatic N) is 1. The van der Waals surface area contributed by atoms with Gasteiger partial charge in [0.1, 0.15) is 0 Å². The Kier molecular flexibility index (Phi) is 8.86. The molecule has 4 rings (SSSR count). The summed E-state index contributed by atoms with van der Waals surface area (Å²) in [5.74, 6) is -0.671. The maximum Gasteiger partial charge on any atom is 0.343 e. The fourth-order valence-corrected chi connectivity index (χ4v) is 3.82. The largest absolute Gasteiger partial charge is 0.493 e. The summed E-state index contributed by atoms with van der Waals surface area (Å²) in [6.07, 6.45) is 1.43. The van der Waals surface area contributed by atoms with Crippen LogP contribution in [0.15, 0.2) is 101 Å². The molecule has 0 unspecified atom stereocenters. The smallest absolute Gasteiger partial charge is 0.343 e. The number of halogens is 1. The Morgan fingerprint density at radius 1 is 0.795 bits per heavy atom. The highest BCUT2D eigenvalue weighted by atomic mass is 79.9. The van der Waals surface area contributed by atoms with Crippen LogP contribution in [0.3, 0.4) is 0 Å². The first-order valence-electron chi connectivity index (χ1n) is 11.8. The molecule has 0 aliphatic carbocycles. The Balaban J connectivity index is 1.37. The zero-order valence-corrected chi connectivity index (χ0v) is 22.7. The van der Waals surface area contributed by atoms with Crippen molar-refractivity contribution in [3.63, 3.8) is 0 Å². The summed E-state index contributed by atoms with van der Waals surface area (Å²) in [5.41, 5.74) is 5.77. The number of amides is 2. The molecule has 0 fully saturated rings. The molecule has 4 aromatic carbocycles. The van der Waals surface area contributed by atoms with Gasteiger partial charge in [-0.25, -0.2) is 10.2 Å². The second kappa shape index (κ2) is 12.7. The van der Waals surface area contributed by atoms with Crippen molar-refractivity contribution in [3.8, 4) is 11.5 Å². The molecule has 9 heteroatoms. The monoisotopic (exact) mass is 585 g/mol. The fourth-order valence-electron chi connectivity index (χ4n) is 3.55. The van der Waals surface area contributed by atoms with Crippen LogP contribution in [0.5, 0.6) is 11.5 Å². The molecule has 0 atom stereocenters. The van der Waals surface area contributed by atoms with Gasteiger partial charge in [0.25, 0.3) is 11.8 Å². The number of hydrazone groups is 1. The summed E-state index contributed by atoms with van der Waals surface area (Å²) in [6.45, 7) is 1.91. The molecule has 0 aromatic heterocycles. The van der Waals surface area contributed by atoms with E-state index in [2.05, 4.69) is 31.8 Å². The van der Waals surface area contributed by atoms with E-state index in [1.807, 2.05) is 19.1 Å². The van der Waals surface area contributed by atoms with Crippen LogP contribution in [0, 0.1) is 6.92 Å². The summed E-state index contributed by atoms with van der Waals surface area (Å²) in [7, 11) is 1.46. The molecule has 0 aliphatic rings. The Labute approximate surface area is 233 Å². The molecule has 2 amide bonds. The van der Waals surface area contributed by atoms with Crippen LogP contribution < -0.4 is 20.2 Å². The average molecular weight is 586 g/mol. The second-order valence-electron chi connectivity index (χ2n) is 8.41. The van der Waals surface area contributed by atoms with E-state index < -0.39 is 11.9 Å². The van der Waals surface area contributed by atoms with E-state index in [4.69, 9.17) is 9.47 Å². The van der Waals surface area contributed by atoms with Crippen molar-refractivity contribution >= 4 is 45.6 Å².